The highest BCUT2D eigenvalue weighted by Crippen LogP contribution is 2.24. The molecular formula is C15H23N5O. The molecule has 1 unspecified atom stereocenters. The summed E-state index contributed by atoms with van der Waals surface area (Å²) in [5.74, 6) is 5.55. The molecule has 1 aromatic heterocycles. The van der Waals surface area contributed by atoms with Gasteiger partial charge in [0, 0.05) is 31.0 Å². The van der Waals surface area contributed by atoms with Crippen LogP contribution in [-0.4, -0.2) is 52.9 Å². The van der Waals surface area contributed by atoms with Crippen LogP contribution in [0.4, 0.5) is 5.69 Å². The quantitative estimate of drug-likeness (QED) is 0.641. The molecule has 3 heterocycles. The molecule has 3 rings (SSSR count). The molecular weight excluding hydrogens is 266 g/mol. The van der Waals surface area contributed by atoms with Crippen molar-refractivity contribution in [3.8, 4) is 0 Å². The molecule has 0 aromatic carbocycles. The van der Waals surface area contributed by atoms with Crippen LogP contribution in [0.15, 0.2) is 12.3 Å². The predicted octanol–water partition coefficient (Wildman–Crippen LogP) is 0.986. The predicted molar refractivity (Wildman–Crippen MR) is 81.9 cm³/mol. The molecule has 114 valence electrons. The number of nitrogens with one attached hydrogen (secondary N) is 1. The maximum atomic E-state index is 12.7. The van der Waals surface area contributed by atoms with Crippen molar-refractivity contribution in [2.45, 2.75) is 32.2 Å². The smallest absolute Gasteiger partial charge is 0.257 e. The number of anilines is 1. The minimum absolute atomic E-state index is 0.0251. The number of nitrogen functional groups attached to an aromatic ring is 1. The van der Waals surface area contributed by atoms with Crippen LogP contribution in [0, 0.1) is 6.92 Å². The second kappa shape index (κ2) is 5.99. The number of nitrogens with two attached hydrogens (primary N) is 1. The van der Waals surface area contributed by atoms with E-state index in [-0.39, 0.29) is 5.91 Å². The van der Waals surface area contributed by atoms with Gasteiger partial charge in [-0.15, -0.1) is 0 Å². The molecule has 2 fully saturated rings. The minimum Gasteiger partial charge on any atom is -0.337 e. The number of hydrazine groups is 1. The number of likely N-dealkylation sites (tertiary alicyclic amines) is 2. The Balaban J connectivity index is 1.71. The summed E-state index contributed by atoms with van der Waals surface area (Å²) in [6.45, 7) is 5.87. The first kappa shape index (κ1) is 14.3. The topological polar surface area (TPSA) is 74.5 Å². The van der Waals surface area contributed by atoms with E-state index in [9.17, 15) is 4.79 Å². The third-order valence-corrected chi connectivity index (χ3v) is 4.53. The van der Waals surface area contributed by atoms with Crippen LogP contribution in [0.25, 0.3) is 0 Å². The van der Waals surface area contributed by atoms with Gasteiger partial charge in [0.2, 0.25) is 0 Å². The molecule has 21 heavy (non-hydrogen) atoms. The number of hydrogen-bond acceptors (Lipinski definition) is 5. The molecule has 2 saturated heterocycles. The van der Waals surface area contributed by atoms with E-state index >= 15 is 0 Å². The fraction of sp³-hybridized carbons (Fsp3) is 0.600. The van der Waals surface area contributed by atoms with Gasteiger partial charge in [0.1, 0.15) is 0 Å². The van der Waals surface area contributed by atoms with Gasteiger partial charge in [0.25, 0.3) is 5.91 Å². The zero-order valence-electron chi connectivity index (χ0n) is 12.5. The molecule has 2 aliphatic heterocycles. The Morgan fingerprint density at radius 3 is 2.86 bits per heavy atom. The second-order valence-electron chi connectivity index (χ2n) is 5.95. The van der Waals surface area contributed by atoms with Gasteiger partial charge in [-0.3, -0.25) is 20.5 Å². The van der Waals surface area contributed by atoms with Crippen molar-refractivity contribution < 1.29 is 4.79 Å². The van der Waals surface area contributed by atoms with Crippen molar-refractivity contribution in [1.82, 2.24) is 14.8 Å². The number of pyridine rings is 1. The zero-order chi connectivity index (χ0) is 14.8. The van der Waals surface area contributed by atoms with E-state index in [2.05, 4.69) is 15.3 Å². The van der Waals surface area contributed by atoms with Crippen molar-refractivity contribution in [2.75, 3.05) is 31.6 Å². The number of amides is 1. The van der Waals surface area contributed by atoms with Gasteiger partial charge in [-0.2, -0.15) is 0 Å². The molecule has 0 radical (unpaired) electrons. The Morgan fingerprint density at radius 2 is 2.14 bits per heavy atom. The molecule has 1 amide bonds. The number of rotatable bonds is 3. The summed E-state index contributed by atoms with van der Waals surface area (Å²) >= 11 is 0. The lowest BCUT2D eigenvalue weighted by Gasteiger charge is -2.24. The SMILES string of the molecule is Cc1cc(NN)c(C(=O)N2CCC(N3CCCC3)C2)cn1. The largest absolute Gasteiger partial charge is 0.337 e. The molecule has 0 bridgehead atoms. The fourth-order valence-electron chi connectivity index (χ4n) is 3.35. The average molecular weight is 289 g/mol. The first-order chi connectivity index (χ1) is 10.2. The van der Waals surface area contributed by atoms with Gasteiger partial charge in [0.15, 0.2) is 0 Å². The van der Waals surface area contributed by atoms with Gasteiger partial charge in [-0.25, -0.2) is 0 Å². The lowest BCUT2D eigenvalue weighted by atomic mass is 10.2. The first-order valence-corrected chi connectivity index (χ1v) is 7.65. The van der Waals surface area contributed by atoms with Crippen molar-refractivity contribution in [3.05, 3.63) is 23.5 Å². The molecule has 2 aliphatic rings. The van der Waals surface area contributed by atoms with Crippen LogP contribution in [0.2, 0.25) is 0 Å². The van der Waals surface area contributed by atoms with Crippen LogP contribution in [0.1, 0.15) is 35.3 Å². The highest BCUT2D eigenvalue weighted by molar-refractivity contribution is 5.99. The van der Waals surface area contributed by atoms with Crippen LogP contribution in [0.3, 0.4) is 0 Å². The standard InChI is InChI=1S/C15H23N5O/c1-11-8-14(18-16)13(9-17-11)15(21)20-7-4-12(10-20)19-5-2-3-6-19/h8-9,12H,2-7,10,16H2,1H3,(H,17,18). The monoisotopic (exact) mass is 289 g/mol. The molecule has 6 heteroatoms. The van der Waals surface area contributed by atoms with Gasteiger partial charge < -0.3 is 10.3 Å². The molecule has 0 aliphatic carbocycles. The first-order valence-electron chi connectivity index (χ1n) is 7.65. The van der Waals surface area contributed by atoms with E-state index < -0.39 is 0 Å². The normalized spacial score (nSPS) is 22.8. The van der Waals surface area contributed by atoms with Crippen molar-refractivity contribution >= 4 is 11.6 Å². The Kier molecular flexibility index (Phi) is 4.07. The number of carbonyl (C=O) groups is 1. The van der Waals surface area contributed by atoms with E-state index in [1.165, 1.54) is 25.9 Å². The van der Waals surface area contributed by atoms with E-state index in [0.29, 0.717) is 17.3 Å². The summed E-state index contributed by atoms with van der Waals surface area (Å²) in [4.78, 5) is 21.3. The fourth-order valence-corrected chi connectivity index (χ4v) is 3.35. The summed E-state index contributed by atoms with van der Waals surface area (Å²) in [5, 5.41) is 0. The van der Waals surface area contributed by atoms with Gasteiger partial charge >= 0.3 is 0 Å². The number of aryl methyl sites for hydroxylation is 1. The molecule has 1 atom stereocenters. The summed E-state index contributed by atoms with van der Waals surface area (Å²) in [5.41, 5.74) is 4.66. The van der Waals surface area contributed by atoms with Gasteiger partial charge in [-0.1, -0.05) is 0 Å². The van der Waals surface area contributed by atoms with Crippen LogP contribution in [-0.2, 0) is 0 Å². The molecule has 1 aromatic rings. The lowest BCUT2D eigenvalue weighted by molar-refractivity contribution is 0.0780. The summed E-state index contributed by atoms with van der Waals surface area (Å²) in [6.07, 6.45) is 5.26. The van der Waals surface area contributed by atoms with Crippen molar-refractivity contribution in [3.63, 3.8) is 0 Å². The molecule has 0 saturated carbocycles. The Morgan fingerprint density at radius 1 is 1.38 bits per heavy atom. The number of carbonyl (C=O) groups excluding carboxylic acids is 1. The van der Waals surface area contributed by atoms with Crippen molar-refractivity contribution in [2.24, 2.45) is 5.84 Å². The van der Waals surface area contributed by atoms with Gasteiger partial charge in [-0.05, 0) is 45.3 Å². The van der Waals surface area contributed by atoms with Crippen LogP contribution >= 0.6 is 0 Å². The molecule has 0 spiro atoms. The third kappa shape index (κ3) is 2.87. The van der Waals surface area contributed by atoms with E-state index in [0.717, 1.165) is 25.2 Å². The number of hydrogen-bond donors (Lipinski definition) is 2. The van der Waals surface area contributed by atoms with E-state index in [4.69, 9.17) is 5.84 Å². The van der Waals surface area contributed by atoms with Crippen LogP contribution in [0.5, 0.6) is 0 Å². The number of nitrogens with zero attached hydrogens (tertiary/aromatic N) is 3. The van der Waals surface area contributed by atoms with E-state index in [1.54, 1.807) is 12.3 Å². The highest BCUT2D eigenvalue weighted by atomic mass is 16.2. The maximum absolute atomic E-state index is 12.7. The second-order valence-corrected chi connectivity index (χ2v) is 5.95. The molecule has 6 nitrogen and oxygen atoms in total. The Labute approximate surface area is 125 Å². The highest BCUT2D eigenvalue weighted by Gasteiger charge is 2.32. The number of aromatic nitrogens is 1. The maximum Gasteiger partial charge on any atom is 0.257 e. The minimum atomic E-state index is 0.0251. The zero-order valence-corrected chi connectivity index (χ0v) is 12.5. The van der Waals surface area contributed by atoms with Crippen molar-refractivity contribution in [1.29, 1.82) is 0 Å². The van der Waals surface area contributed by atoms with Crippen LogP contribution < -0.4 is 11.3 Å². The average Bonchev–Trinajstić information content (AvgIpc) is 3.17. The third-order valence-electron chi connectivity index (χ3n) is 4.53. The lowest BCUT2D eigenvalue weighted by Crippen LogP contribution is -2.37. The summed E-state index contributed by atoms with van der Waals surface area (Å²) in [6, 6.07) is 2.32. The Hall–Kier alpha value is -1.66. The Bertz CT molecular complexity index is 527. The summed E-state index contributed by atoms with van der Waals surface area (Å²) in [7, 11) is 0. The van der Waals surface area contributed by atoms with Gasteiger partial charge in [0.05, 0.1) is 11.3 Å². The van der Waals surface area contributed by atoms with E-state index in [1.807, 2.05) is 11.8 Å². The molecule has 3 N–H and O–H groups in total. The summed E-state index contributed by atoms with van der Waals surface area (Å²) < 4.78 is 0.